The van der Waals surface area contributed by atoms with E-state index in [1.165, 1.54) is 0 Å². The minimum Gasteiger partial charge on any atom is -0.397 e. The fraction of sp³-hybridized carbons (Fsp3) is 1.00. The van der Waals surface area contributed by atoms with Crippen molar-refractivity contribution in [3.63, 3.8) is 0 Å². The summed E-state index contributed by atoms with van der Waals surface area (Å²) in [6.07, 6.45) is 0. The summed E-state index contributed by atoms with van der Waals surface area (Å²) in [5.74, 6) is 0. The Morgan fingerprint density at radius 1 is 1.75 bits per heavy atom. The van der Waals surface area contributed by atoms with Crippen molar-refractivity contribution in [2.45, 2.75) is 6.92 Å². The number of rotatable bonds is 0. The van der Waals surface area contributed by atoms with Gasteiger partial charge in [-0.3, -0.25) is 0 Å². The summed E-state index contributed by atoms with van der Waals surface area (Å²) >= 11 is 0. The predicted octanol–water partition coefficient (Wildman–Crippen LogP) is -0.382. The van der Waals surface area contributed by atoms with E-state index in [-0.39, 0.29) is 75.5 Å². The molecule has 1 radical (unpaired) electrons. The molecule has 0 rings (SSSR count). The molecule has 1 nitrogen and oxygen atoms in total. The number of hydrogen-bond donors (Lipinski definition) is 1. The van der Waals surface area contributed by atoms with Crippen LogP contribution < -0.4 is 0 Å². The first-order valence-corrected chi connectivity index (χ1v) is 1.02. The van der Waals surface area contributed by atoms with E-state index in [9.17, 15) is 0 Å². The zero-order valence-electron chi connectivity index (χ0n) is 3.15. The molecule has 0 aromatic rings. The van der Waals surface area contributed by atoms with Crippen LogP contribution in [0.2, 0.25) is 0 Å². The van der Waals surface area contributed by atoms with Crippen LogP contribution in [0.1, 0.15) is 6.92 Å². The Morgan fingerprint density at radius 2 is 1.75 bits per heavy atom. The summed E-state index contributed by atoms with van der Waals surface area (Å²) in [4.78, 5) is 0. The summed E-state index contributed by atoms with van der Waals surface area (Å²) in [6, 6.07) is 0. The van der Waals surface area contributed by atoms with Crippen molar-refractivity contribution in [2.24, 2.45) is 0 Å². The molecule has 0 unspecified atom stereocenters. The van der Waals surface area contributed by atoms with Gasteiger partial charge < -0.3 is 5.11 Å². The van der Waals surface area contributed by atoms with E-state index in [1.807, 2.05) is 0 Å². The first-order chi connectivity index (χ1) is 1.41. The van der Waals surface area contributed by atoms with Gasteiger partial charge in [-0.2, -0.15) is 0 Å². The van der Waals surface area contributed by atoms with Gasteiger partial charge in [0.2, 0.25) is 0 Å². The van der Waals surface area contributed by atoms with Gasteiger partial charge in [-0.15, -0.1) is 0 Å². The SMILES string of the molecule is CCO.[Cs]. The van der Waals surface area contributed by atoms with Gasteiger partial charge in [0.25, 0.3) is 0 Å². The van der Waals surface area contributed by atoms with Crippen LogP contribution in [0.5, 0.6) is 0 Å². The molecule has 0 aliphatic rings. The van der Waals surface area contributed by atoms with Gasteiger partial charge in [-0.25, -0.2) is 0 Å². The van der Waals surface area contributed by atoms with E-state index in [0.717, 1.165) is 0 Å². The van der Waals surface area contributed by atoms with E-state index in [4.69, 9.17) is 5.11 Å². The molecule has 0 atom stereocenters. The third-order valence-electron chi connectivity index (χ3n) is 0. The Kier molecular flexibility index (Phi) is 20.9. The molecule has 1 N–H and O–H groups in total. The Morgan fingerprint density at radius 3 is 1.75 bits per heavy atom. The summed E-state index contributed by atoms with van der Waals surface area (Å²) in [7, 11) is 0. The van der Waals surface area contributed by atoms with E-state index in [2.05, 4.69) is 0 Å². The average molecular weight is 179 g/mol. The molecule has 0 fully saturated rings. The summed E-state index contributed by atoms with van der Waals surface area (Å²) in [5, 5.41) is 7.57. The molecule has 0 aliphatic heterocycles. The molecule has 0 spiro atoms. The first-order valence-electron chi connectivity index (χ1n) is 1.02. The van der Waals surface area contributed by atoms with Gasteiger partial charge in [0.15, 0.2) is 0 Å². The second-order valence-corrected chi connectivity index (χ2v) is 0.316. The number of hydrogen-bond acceptors (Lipinski definition) is 1. The maximum absolute atomic E-state index is 7.57. The van der Waals surface area contributed by atoms with Crippen molar-refractivity contribution in [3.8, 4) is 0 Å². The molecular weight excluding hydrogens is 173 g/mol. The van der Waals surface area contributed by atoms with E-state index in [0.29, 0.717) is 0 Å². The van der Waals surface area contributed by atoms with Crippen molar-refractivity contribution >= 4 is 68.9 Å². The topological polar surface area (TPSA) is 20.2 Å². The van der Waals surface area contributed by atoms with Crippen molar-refractivity contribution < 1.29 is 5.11 Å². The molecule has 0 aromatic heterocycles. The summed E-state index contributed by atoms with van der Waals surface area (Å²) < 4.78 is 0. The van der Waals surface area contributed by atoms with Gasteiger partial charge in [-0.05, 0) is 6.92 Å². The Hall–Kier alpha value is 2.01. The Balaban J connectivity index is 0. The van der Waals surface area contributed by atoms with Gasteiger partial charge in [0.1, 0.15) is 0 Å². The van der Waals surface area contributed by atoms with E-state index < -0.39 is 0 Å². The van der Waals surface area contributed by atoms with E-state index in [1.54, 1.807) is 6.92 Å². The fourth-order valence-corrected chi connectivity index (χ4v) is 0. The first kappa shape index (κ1) is 9.38. The van der Waals surface area contributed by atoms with Crippen molar-refractivity contribution in [1.82, 2.24) is 0 Å². The second-order valence-electron chi connectivity index (χ2n) is 0.316. The van der Waals surface area contributed by atoms with Crippen LogP contribution in [0, 0.1) is 0 Å². The quantitative estimate of drug-likeness (QED) is 0.537. The summed E-state index contributed by atoms with van der Waals surface area (Å²) in [6.45, 7) is 1.93. The number of aliphatic hydroxyl groups is 1. The Labute approximate surface area is 85.2 Å². The minimum absolute atomic E-state index is 0. The van der Waals surface area contributed by atoms with E-state index >= 15 is 0 Å². The zero-order valence-corrected chi connectivity index (χ0v) is 9.43. The largest absolute Gasteiger partial charge is 0.397 e. The molecule has 2 heteroatoms. The van der Waals surface area contributed by atoms with Crippen LogP contribution in [0.4, 0.5) is 0 Å². The van der Waals surface area contributed by atoms with Crippen LogP contribution in [0.25, 0.3) is 0 Å². The Bertz CT molecular complexity index is 6.00. The van der Waals surface area contributed by atoms with Gasteiger partial charge in [0.05, 0.1) is 0 Å². The molecule has 0 saturated carbocycles. The van der Waals surface area contributed by atoms with Crippen molar-refractivity contribution in [2.75, 3.05) is 6.61 Å². The predicted molar refractivity (Wildman–Crippen MR) is 18.5 cm³/mol. The van der Waals surface area contributed by atoms with Crippen LogP contribution in [-0.4, -0.2) is 80.6 Å². The molecule has 0 saturated heterocycles. The summed E-state index contributed by atoms with van der Waals surface area (Å²) in [5.41, 5.74) is 0. The van der Waals surface area contributed by atoms with Crippen LogP contribution in [0.15, 0.2) is 0 Å². The van der Waals surface area contributed by atoms with Gasteiger partial charge in [-0.1, -0.05) is 0 Å². The normalized spacial score (nSPS) is 4.50. The molecule has 0 bridgehead atoms. The minimum atomic E-state index is 0. The average Bonchev–Trinajstić information content (AvgIpc) is 0.918. The maximum atomic E-state index is 7.57. The van der Waals surface area contributed by atoms with Crippen molar-refractivity contribution in [1.29, 1.82) is 0 Å². The number of aliphatic hydroxyl groups excluding tert-OH is 1. The third kappa shape index (κ3) is 8.99. The molecule has 21 valence electrons. The fourth-order valence-electron chi connectivity index (χ4n) is 0. The smallest absolute Gasteiger partial charge is 0.0402 e. The zero-order chi connectivity index (χ0) is 2.71. The molecule has 0 aliphatic carbocycles. The molecular formula is C2H6CsO. The second kappa shape index (κ2) is 8.89. The third-order valence-corrected chi connectivity index (χ3v) is 0. The molecule has 0 aromatic carbocycles. The standard InChI is InChI=1S/C2H6O.Cs/c1-2-3;/h3H,2H2,1H3;. The van der Waals surface area contributed by atoms with Crippen LogP contribution in [0.3, 0.4) is 0 Å². The maximum Gasteiger partial charge on any atom is 0.0402 e. The van der Waals surface area contributed by atoms with Gasteiger partial charge in [0, 0.05) is 75.5 Å². The monoisotopic (exact) mass is 179 g/mol. The molecule has 0 amide bonds. The van der Waals surface area contributed by atoms with Crippen LogP contribution in [-0.2, 0) is 0 Å². The molecule has 4 heavy (non-hydrogen) atoms. The van der Waals surface area contributed by atoms with Gasteiger partial charge >= 0.3 is 0 Å². The van der Waals surface area contributed by atoms with Crippen LogP contribution >= 0.6 is 0 Å². The molecule has 0 heterocycles. The van der Waals surface area contributed by atoms with Crippen molar-refractivity contribution in [3.05, 3.63) is 0 Å².